The number of methoxy groups -OCH3 is 1. The lowest BCUT2D eigenvalue weighted by Gasteiger charge is -2.09. The molecule has 1 heterocycles. The Morgan fingerprint density at radius 2 is 1.85 bits per heavy atom. The van der Waals surface area contributed by atoms with Crippen molar-refractivity contribution in [3.8, 4) is 23.0 Å². The van der Waals surface area contributed by atoms with Gasteiger partial charge in [0.2, 0.25) is 5.75 Å². The molecule has 1 atom stereocenters. The van der Waals surface area contributed by atoms with Gasteiger partial charge < -0.3 is 18.9 Å². The van der Waals surface area contributed by atoms with Crippen molar-refractivity contribution in [2.45, 2.75) is 6.29 Å². The Balaban J connectivity index is 1.86. The summed E-state index contributed by atoms with van der Waals surface area (Å²) in [5, 5.41) is 0. The number of ether oxygens (including phenoxy) is 4. The molecule has 0 fully saturated rings. The van der Waals surface area contributed by atoms with Crippen LogP contribution in [0.1, 0.15) is 0 Å². The first kappa shape index (κ1) is 12.3. The van der Waals surface area contributed by atoms with Crippen molar-refractivity contribution >= 4 is 5.97 Å². The fourth-order valence-corrected chi connectivity index (χ4v) is 1.84. The number of esters is 1. The molecule has 3 rings (SSSR count). The molecule has 0 radical (unpaired) electrons. The highest BCUT2D eigenvalue weighted by Gasteiger charge is 2.34. The van der Waals surface area contributed by atoms with Crippen LogP contribution >= 0.6 is 0 Å². The maximum Gasteiger partial charge on any atom is 0.389 e. The number of fused-ring (bicyclic) bond motifs is 1. The lowest BCUT2D eigenvalue weighted by Crippen LogP contribution is -2.30. The van der Waals surface area contributed by atoms with Crippen molar-refractivity contribution < 1.29 is 23.7 Å². The maximum absolute atomic E-state index is 11.4. The molecule has 5 nitrogen and oxygen atoms in total. The Morgan fingerprint density at radius 3 is 2.60 bits per heavy atom. The Hall–Kier alpha value is -2.69. The van der Waals surface area contributed by atoms with Gasteiger partial charge in [0, 0.05) is 0 Å². The van der Waals surface area contributed by atoms with Crippen LogP contribution in [0.3, 0.4) is 0 Å². The molecule has 1 aliphatic heterocycles. The summed E-state index contributed by atoms with van der Waals surface area (Å²) in [7, 11) is 1.28. The Kier molecular flexibility index (Phi) is 3.16. The quantitative estimate of drug-likeness (QED) is 0.804. The molecule has 0 aliphatic carbocycles. The van der Waals surface area contributed by atoms with Crippen molar-refractivity contribution in [2.75, 3.05) is 7.11 Å². The SMILES string of the molecule is COC(=O)[C@@H]1Oc2cccc(Oc3ccccc3)c2O1. The highest BCUT2D eigenvalue weighted by atomic mass is 16.7. The van der Waals surface area contributed by atoms with Gasteiger partial charge in [-0.25, -0.2) is 4.79 Å². The van der Waals surface area contributed by atoms with Crippen LogP contribution in [-0.4, -0.2) is 19.4 Å². The molecule has 0 N–H and O–H groups in total. The zero-order valence-electron chi connectivity index (χ0n) is 10.7. The highest BCUT2D eigenvalue weighted by molar-refractivity contribution is 5.75. The summed E-state index contributed by atoms with van der Waals surface area (Å²) >= 11 is 0. The molecule has 0 saturated heterocycles. The van der Waals surface area contributed by atoms with Gasteiger partial charge in [0.25, 0.3) is 0 Å². The summed E-state index contributed by atoms with van der Waals surface area (Å²) < 4.78 is 21.1. The molecule has 102 valence electrons. The maximum atomic E-state index is 11.4. The van der Waals surface area contributed by atoms with Crippen molar-refractivity contribution in [1.29, 1.82) is 0 Å². The molecular weight excluding hydrogens is 260 g/mol. The average molecular weight is 272 g/mol. The number of benzene rings is 2. The molecule has 0 amide bonds. The van der Waals surface area contributed by atoms with E-state index in [9.17, 15) is 4.79 Å². The summed E-state index contributed by atoms with van der Waals surface area (Å²) in [4.78, 5) is 11.4. The molecule has 5 heteroatoms. The Labute approximate surface area is 115 Å². The molecule has 2 aromatic carbocycles. The van der Waals surface area contributed by atoms with Gasteiger partial charge in [-0.2, -0.15) is 0 Å². The smallest absolute Gasteiger partial charge is 0.389 e. The van der Waals surface area contributed by atoms with Crippen LogP contribution in [-0.2, 0) is 9.53 Å². The molecule has 0 spiro atoms. The lowest BCUT2D eigenvalue weighted by atomic mass is 10.3. The molecule has 20 heavy (non-hydrogen) atoms. The molecule has 1 aliphatic rings. The first-order valence-electron chi connectivity index (χ1n) is 6.05. The first-order chi connectivity index (χ1) is 9.78. The minimum Gasteiger partial charge on any atom is -0.463 e. The van der Waals surface area contributed by atoms with Crippen LogP contribution in [0.15, 0.2) is 48.5 Å². The zero-order chi connectivity index (χ0) is 13.9. The van der Waals surface area contributed by atoms with Gasteiger partial charge in [0.1, 0.15) is 5.75 Å². The Bertz CT molecular complexity index is 623. The van der Waals surface area contributed by atoms with E-state index < -0.39 is 12.3 Å². The van der Waals surface area contributed by atoms with Crippen LogP contribution in [0.25, 0.3) is 0 Å². The summed E-state index contributed by atoms with van der Waals surface area (Å²) in [6.45, 7) is 0. The van der Waals surface area contributed by atoms with Crippen LogP contribution < -0.4 is 14.2 Å². The molecule has 0 unspecified atom stereocenters. The summed E-state index contributed by atoms with van der Waals surface area (Å²) in [6.07, 6.45) is -1.09. The van der Waals surface area contributed by atoms with Crippen LogP contribution in [0.4, 0.5) is 0 Å². The zero-order valence-corrected chi connectivity index (χ0v) is 10.7. The lowest BCUT2D eigenvalue weighted by molar-refractivity contribution is -0.158. The van der Waals surface area contributed by atoms with Crippen molar-refractivity contribution in [2.24, 2.45) is 0 Å². The van der Waals surface area contributed by atoms with E-state index in [-0.39, 0.29) is 0 Å². The standard InChI is InChI=1S/C15H12O5/c1-17-14(16)15-19-12-9-5-8-11(13(12)20-15)18-10-6-3-2-4-7-10/h2-9,15H,1H3/t15-/m1/s1. The van der Waals surface area contributed by atoms with Crippen molar-refractivity contribution in [3.05, 3.63) is 48.5 Å². The number of rotatable bonds is 3. The van der Waals surface area contributed by atoms with Gasteiger partial charge in [-0.15, -0.1) is 0 Å². The van der Waals surface area contributed by atoms with E-state index in [2.05, 4.69) is 4.74 Å². The summed E-state index contributed by atoms with van der Waals surface area (Å²) in [5.41, 5.74) is 0. The number of hydrogen-bond donors (Lipinski definition) is 0. The van der Waals surface area contributed by atoms with Crippen LogP contribution in [0.5, 0.6) is 23.0 Å². The number of carbonyl (C=O) groups excluding carboxylic acids is 1. The average Bonchev–Trinajstić information content (AvgIpc) is 2.93. The molecule has 0 aromatic heterocycles. The first-order valence-corrected chi connectivity index (χ1v) is 6.05. The van der Waals surface area contributed by atoms with Crippen LogP contribution in [0, 0.1) is 0 Å². The largest absolute Gasteiger partial charge is 0.463 e. The summed E-state index contributed by atoms with van der Waals surface area (Å²) in [5.74, 6) is 1.42. The van der Waals surface area contributed by atoms with Gasteiger partial charge in [-0.05, 0) is 24.3 Å². The van der Waals surface area contributed by atoms with E-state index in [1.807, 2.05) is 30.3 Å². The predicted octanol–water partition coefficient (Wildman–Crippen LogP) is 2.75. The summed E-state index contributed by atoms with van der Waals surface area (Å²) in [6, 6.07) is 14.5. The van der Waals surface area contributed by atoms with E-state index in [1.165, 1.54) is 7.11 Å². The van der Waals surface area contributed by atoms with Crippen molar-refractivity contribution in [3.63, 3.8) is 0 Å². The van der Waals surface area contributed by atoms with Gasteiger partial charge >= 0.3 is 12.3 Å². The van der Waals surface area contributed by atoms with Crippen molar-refractivity contribution in [1.82, 2.24) is 0 Å². The third kappa shape index (κ3) is 2.25. The fourth-order valence-electron chi connectivity index (χ4n) is 1.84. The Morgan fingerprint density at radius 1 is 1.05 bits per heavy atom. The second-order valence-corrected chi connectivity index (χ2v) is 4.09. The molecule has 0 bridgehead atoms. The third-order valence-corrected chi connectivity index (χ3v) is 2.77. The fraction of sp³-hybridized carbons (Fsp3) is 0.133. The van der Waals surface area contributed by atoms with Crippen LogP contribution in [0.2, 0.25) is 0 Å². The van der Waals surface area contributed by atoms with E-state index in [0.29, 0.717) is 23.0 Å². The number of carbonyl (C=O) groups is 1. The normalized spacial score (nSPS) is 15.8. The second kappa shape index (κ2) is 5.13. The highest BCUT2D eigenvalue weighted by Crippen LogP contribution is 2.44. The third-order valence-electron chi connectivity index (χ3n) is 2.77. The van der Waals surface area contributed by atoms with E-state index >= 15 is 0 Å². The topological polar surface area (TPSA) is 54.0 Å². The minimum absolute atomic E-state index is 0.395. The molecular formula is C15H12O5. The second-order valence-electron chi connectivity index (χ2n) is 4.09. The molecule has 2 aromatic rings. The minimum atomic E-state index is -1.09. The van der Waals surface area contributed by atoms with Gasteiger partial charge in [-0.1, -0.05) is 24.3 Å². The van der Waals surface area contributed by atoms with Gasteiger partial charge in [0.05, 0.1) is 7.11 Å². The monoisotopic (exact) mass is 272 g/mol. The van der Waals surface area contributed by atoms with Gasteiger partial charge in [0.15, 0.2) is 11.5 Å². The van der Waals surface area contributed by atoms with Gasteiger partial charge in [-0.3, -0.25) is 0 Å². The van der Waals surface area contributed by atoms with E-state index in [1.54, 1.807) is 18.2 Å². The molecule has 0 saturated carbocycles. The van der Waals surface area contributed by atoms with E-state index in [0.717, 1.165) is 0 Å². The number of hydrogen-bond acceptors (Lipinski definition) is 5. The van der Waals surface area contributed by atoms with E-state index in [4.69, 9.17) is 14.2 Å². The predicted molar refractivity (Wildman–Crippen MR) is 70.0 cm³/mol. The number of para-hydroxylation sites is 2.